The van der Waals surface area contributed by atoms with Crippen molar-refractivity contribution in [3.63, 3.8) is 0 Å². The summed E-state index contributed by atoms with van der Waals surface area (Å²) in [5.41, 5.74) is -0.453. The molecule has 0 aliphatic carbocycles. The zero-order chi connectivity index (χ0) is 11.7. The van der Waals surface area contributed by atoms with Gasteiger partial charge in [-0.05, 0) is 53.9 Å². The molecule has 1 fully saturated rings. The number of nitrogens with zero attached hydrogens (tertiary/aromatic N) is 1. The number of carbonyl (C=O) groups excluding carboxylic acids is 1. The first-order valence-corrected chi connectivity index (χ1v) is 5.73. The van der Waals surface area contributed by atoms with E-state index in [1.807, 2.05) is 25.7 Å². The number of amides is 1. The average Bonchev–Trinajstić information content (AvgIpc) is 1.99. The Balaban J connectivity index is 2.65. The van der Waals surface area contributed by atoms with Crippen molar-refractivity contribution in [2.45, 2.75) is 65.0 Å². The lowest BCUT2D eigenvalue weighted by Gasteiger charge is -2.42. The van der Waals surface area contributed by atoms with E-state index in [2.05, 4.69) is 13.8 Å². The van der Waals surface area contributed by atoms with Crippen molar-refractivity contribution in [3.05, 3.63) is 0 Å². The van der Waals surface area contributed by atoms with Crippen LogP contribution in [0.2, 0.25) is 0 Å². The van der Waals surface area contributed by atoms with Crippen molar-refractivity contribution in [1.29, 1.82) is 0 Å². The molecular weight excluding hydrogens is 190 g/mol. The molecule has 0 radical (unpaired) electrons. The Morgan fingerprint density at radius 1 is 1.27 bits per heavy atom. The fourth-order valence-corrected chi connectivity index (χ4v) is 1.92. The predicted octanol–water partition coefficient (Wildman–Crippen LogP) is 3.19. The first-order valence-electron chi connectivity index (χ1n) is 5.73. The number of rotatable bonds is 0. The van der Waals surface area contributed by atoms with Gasteiger partial charge in [-0.15, -0.1) is 0 Å². The van der Waals surface area contributed by atoms with Gasteiger partial charge in [-0.25, -0.2) is 4.79 Å². The second-order valence-corrected chi connectivity index (χ2v) is 5.90. The van der Waals surface area contributed by atoms with Crippen LogP contribution in [-0.2, 0) is 4.74 Å². The number of carbonyl (C=O) groups is 1. The summed E-state index contributed by atoms with van der Waals surface area (Å²) < 4.78 is 5.40. The lowest BCUT2D eigenvalue weighted by atomic mass is 9.91. The summed E-state index contributed by atoms with van der Waals surface area (Å²) in [5, 5.41) is 0. The molecule has 0 atom stereocenters. The molecule has 0 unspecified atom stereocenters. The van der Waals surface area contributed by atoms with Crippen LogP contribution in [0.15, 0.2) is 0 Å². The van der Waals surface area contributed by atoms with E-state index < -0.39 is 5.60 Å². The third-order valence-corrected chi connectivity index (χ3v) is 2.76. The first-order chi connectivity index (χ1) is 6.72. The minimum absolute atomic E-state index is 0.0550. The maximum absolute atomic E-state index is 11.9. The molecule has 15 heavy (non-hydrogen) atoms. The van der Waals surface area contributed by atoms with Crippen molar-refractivity contribution in [2.24, 2.45) is 0 Å². The summed E-state index contributed by atoms with van der Waals surface area (Å²) in [5.74, 6) is 0. The fraction of sp³-hybridized carbons (Fsp3) is 0.917. The van der Waals surface area contributed by atoms with E-state index in [-0.39, 0.29) is 11.6 Å². The van der Waals surface area contributed by atoms with Crippen molar-refractivity contribution >= 4 is 6.09 Å². The van der Waals surface area contributed by atoms with Crippen molar-refractivity contribution < 1.29 is 9.53 Å². The molecule has 0 aromatic rings. The van der Waals surface area contributed by atoms with E-state index in [1.165, 1.54) is 6.42 Å². The van der Waals surface area contributed by atoms with Crippen molar-refractivity contribution in [1.82, 2.24) is 4.90 Å². The van der Waals surface area contributed by atoms with E-state index in [4.69, 9.17) is 4.74 Å². The van der Waals surface area contributed by atoms with Crippen LogP contribution in [-0.4, -0.2) is 28.7 Å². The van der Waals surface area contributed by atoms with Crippen molar-refractivity contribution in [3.8, 4) is 0 Å². The van der Waals surface area contributed by atoms with Gasteiger partial charge < -0.3 is 9.64 Å². The van der Waals surface area contributed by atoms with Gasteiger partial charge in [0.2, 0.25) is 0 Å². The van der Waals surface area contributed by atoms with E-state index in [0.717, 1.165) is 19.4 Å². The van der Waals surface area contributed by atoms with E-state index >= 15 is 0 Å². The van der Waals surface area contributed by atoms with Crippen LogP contribution in [0.3, 0.4) is 0 Å². The van der Waals surface area contributed by atoms with Gasteiger partial charge in [-0.3, -0.25) is 0 Å². The highest BCUT2D eigenvalue weighted by Gasteiger charge is 2.35. The highest BCUT2D eigenvalue weighted by atomic mass is 16.6. The maximum Gasteiger partial charge on any atom is 0.410 e. The molecular formula is C12H23NO2. The van der Waals surface area contributed by atoms with Gasteiger partial charge in [0.15, 0.2) is 0 Å². The quantitative estimate of drug-likeness (QED) is 0.618. The molecule has 1 saturated heterocycles. The van der Waals surface area contributed by atoms with Crippen LogP contribution in [0.25, 0.3) is 0 Å². The fourth-order valence-electron chi connectivity index (χ4n) is 1.92. The largest absolute Gasteiger partial charge is 0.444 e. The van der Waals surface area contributed by atoms with Gasteiger partial charge >= 0.3 is 6.09 Å². The Kier molecular flexibility index (Phi) is 3.31. The van der Waals surface area contributed by atoms with Crippen molar-refractivity contribution in [2.75, 3.05) is 6.54 Å². The van der Waals surface area contributed by atoms with Gasteiger partial charge in [0.05, 0.1) is 0 Å². The molecule has 1 aliphatic heterocycles. The van der Waals surface area contributed by atoms with Gasteiger partial charge in [0, 0.05) is 12.1 Å². The van der Waals surface area contributed by atoms with E-state index in [1.54, 1.807) is 0 Å². The smallest absolute Gasteiger partial charge is 0.410 e. The molecule has 0 bridgehead atoms. The van der Waals surface area contributed by atoms with Gasteiger partial charge in [0.1, 0.15) is 5.60 Å². The summed E-state index contributed by atoms with van der Waals surface area (Å²) in [4.78, 5) is 13.8. The summed E-state index contributed by atoms with van der Waals surface area (Å²) in [6.45, 7) is 10.7. The SMILES string of the molecule is CC(C)(C)OC(=O)N1CCCCC1(C)C. The topological polar surface area (TPSA) is 29.5 Å². The Bertz CT molecular complexity index is 240. The number of ether oxygens (including phenoxy) is 1. The van der Waals surface area contributed by atoms with Crippen LogP contribution in [0, 0.1) is 0 Å². The standard InChI is InChI=1S/C12H23NO2/c1-11(2,3)15-10(14)13-9-7-6-8-12(13,4)5/h6-9H2,1-5H3. The lowest BCUT2D eigenvalue weighted by Crippen LogP contribution is -2.52. The number of hydrogen-bond donors (Lipinski definition) is 0. The number of piperidine rings is 1. The van der Waals surface area contributed by atoms with Crippen LogP contribution < -0.4 is 0 Å². The minimum Gasteiger partial charge on any atom is -0.444 e. The lowest BCUT2D eigenvalue weighted by molar-refractivity contribution is -0.00641. The summed E-state index contributed by atoms with van der Waals surface area (Å²) in [7, 11) is 0. The van der Waals surface area contributed by atoms with Gasteiger partial charge in [0.25, 0.3) is 0 Å². The molecule has 1 heterocycles. The number of hydrogen-bond acceptors (Lipinski definition) is 2. The Morgan fingerprint density at radius 2 is 1.87 bits per heavy atom. The summed E-state index contributed by atoms with van der Waals surface area (Å²) >= 11 is 0. The molecule has 0 saturated carbocycles. The van der Waals surface area contributed by atoms with Crippen LogP contribution in [0.4, 0.5) is 4.79 Å². The highest BCUT2D eigenvalue weighted by Crippen LogP contribution is 2.28. The average molecular weight is 213 g/mol. The molecule has 3 nitrogen and oxygen atoms in total. The van der Waals surface area contributed by atoms with Gasteiger partial charge in [-0.2, -0.15) is 0 Å². The summed E-state index contributed by atoms with van der Waals surface area (Å²) in [6, 6.07) is 0. The third kappa shape index (κ3) is 3.40. The van der Waals surface area contributed by atoms with E-state index in [0.29, 0.717) is 0 Å². The molecule has 0 aromatic carbocycles. The molecule has 1 rings (SSSR count). The number of likely N-dealkylation sites (tertiary alicyclic amines) is 1. The second-order valence-electron chi connectivity index (χ2n) is 5.90. The second kappa shape index (κ2) is 4.03. The Morgan fingerprint density at radius 3 is 2.33 bits per heavy atom. The first kappa shape index (κ1) is 12.3. The Hall–Kier alpha value is -0.730. The zero-order valence-corrected chi connectivity index (χ0v) is 10.6. The third-order valence-electron chi connectivity index (χ3n) is 2.76. The van der Waals surface area contributed by atoms with Gasteiger partial charge in [-0.1, -0.05) is 0 Å². The molecule has 3 heteroatoms. The minimum atomic E-state index is -0.398. The molecule has 0 N–H and O–H groups in total. The molecule has 0 aromatic heterocycles. The predicted molar refractivity (Wildman–Crippen MR) is 60.9 cm³/mol. The monoisotopic (exact) mass is 213 g/mol. The van der Waals surface area contributed by atoms with Crippen LogP contribution in [0.1, 0.15) is 53.9 Å². The molecule has 0 spiro atoms. The Labute approximate surface area is 92.8 Å². The normalized spacial score (nSPS) is 21.3. The highest BCUT2D eigenvalue weighted by molar-refractivity contribution is 5.69. The van der Waals surface area contributed by atoms with E-state index in [9.17, 15) is 4.79 Å². The van der Waals surface area contributed by atoms with Crippen LogP contribution in [0.5, 0.6) is 0 Å². The molecule has 1 aliphatic rings. The summed E-state index contributed by atoms with van der Waals surface area (Å²) in [6.07, 6.45) is 3.17. The molecule has 88 valence electrons. The zero-order valence-electron chi connectivity index (χ0n) is 10.6. The maximum atomic E-state index is 11.9. The molecule has 1 amide bonds. The van der Waals surface area contributed by atoms with Crippen LogP contribution >= 0.6 is 0 Å².